The molecule has 7 heteroatoms. The number of ether oxygens (including phenoxy) is 1. The van der Waals surface area contributed by atoms with Gasteiger partial charge in [0.25, 0.3) is 0 Å². The zero-order valence-electron chi connectivity index (χ0n) is 21.0. The lowest BCUT2D eigenvalue weighted by Crippen LogP contribution is -2.44. The van der Waals surface area contributed by atoms with Gasteiger partial charge in [-0.15, -0.1) is 0 Å². The van der Waals surface area contributed by atoms with Crippen LogP contribution in [0, 0.1) is 0 Å². The highest BCUT2D eigenvalue weighted by Crippen LogP contribution is 2.39. The number of aromatic nitrogens is 1. The quantitative estimate of drug-likeness (QED) is 0.718. The zero-order chi connectivity index (χ0) is 23.6. The molecular weight excluding hydrogens is 413 g/mol. The molecule has 5 rings (SSSR count). The molecule has 0 aliphatic carbocycles. The van der Waals surface area contributed by atoms with E-state index >= 15 is 0 Å². The molecule has 3 aliphatic heterocycles. The molecule has 33 heavy (non-hydrogen) atoms. The zero-order valence-corrected chi connectivity index (χ0v) is 21.0. The van der Waals surface area contributed by atoms with E-state index < -0.39 is 0 Å². The molecule has 176 valence electrons. The number of pyridine rings is 1. The standard InChI is InChI=1S/C26H36BN3O3/c1-24(2,3)29-19-12-13-30(15-19)22-11-10-21-20-9-8-18(14-17(20)16-31-23(21)28-22)27-32-25(4,5)26(6,7)33-27/h8-11,14,19,29H,12-13,15-16H2,1-7H3. The minimum atomic E-state index is -0.369. The summed E-state index contributed by atoms with van der Waals surface area (Å²) >= 11 is 0. The minimum Gasteiger partial charge on any atom is -0.472 e. The first-order chi connectivity index (χ1) is 15.4. The number of nitrogens with zero attached hydrogens (tertiary/aromatic N) is 2. The van der Waals surface area contributed by atoms with Crippen LogP contribution in [0.4, 0.5) is 5.82 Å². The molecule has 6 nitrogen and oxygen atoms in total. The summed E-state index contributed by atoms with van der Waals surface area (Å²) in [5, 5.41) is 3.71. The van der Waals surface area contributed by atoms with Crippen LogP contribution >= 0.6 is 0 Å². The van der Waals surface area contributed by atoms with Crippen LogP contribution in [-0.2, 0) is 15.9 Å². The van der Waals surface area contributed by atoms with Gasteiger partial charge in [0.15, 0.2) is 0 Å². The maximum atomic E-state index is 6.24. The third kappa shape index (κ3) is 4.27. The van der Waals surface area contributed by atoms with Crippen molar-refractivity contribution in [1.29, 1.82) is 0 Å². The lowest BCUT2D eigenvalue weighted by atomic mass is 9.77. The molecule has 0 saturated carbocycles. The first-order valence-electron chi connectivity index (χ1n) is 12.1. The summed E-state index contributed by atoms with van der Waals surface area (Å²) in [5.41, 5.74) is 3.80. The Bertz CT molecular complexity index is 1050. The Morgan fingerprint density at radius 3 is 2.42 bits per heavy atom. The molecular formula is C26H36BN3O3. The van der Waals surface area contributed by atoms with Crippen LogP contribution in [-0.4, -0.2) is 48.0 Å². The van der Waals surface area contributed by atoms with Crippen molar-refractivity contribution in [2.75, 3.05) is 18.0 Å². The highest BCUT2D eigenvalue weighted by atomic mass is 16.7. The van der Waals surface area contributed by atoms with E-state index in [1.165, 1.54) is 5.56 Å². The molecule has 1 atom stereocenters. The molecule has 2 saturated heterocycles. The Kier molecular flexibility index (Phi) is 5.31. The van der Waals surface area contributed by atoms with Crippen molar-refractivity contribution in [3.05, 3.63) is 35.9 Å². The highest BCUT2D eigenvalue weighted by Gasteiger charge is 2.51. The third-order valence-electron chi connectivity index (χ3n) is 7.30. The number of benzene rings is 1. The molecule has 1 aromatic heterocycles. The summed E-state index contributed by atoms with van der Waals surface area (Å²) in [4.78, 5) is 7.24. The smallest absolute Gasteiger partial charge is 0.472 e. The van der Waals surface area contributed by atoms with Crippen molar-refractivity contribution in [1.82, 2.24) is 10.3 Å². The highest BCUT2D eigenvalue weighted by molar-refractivity contribution is 6.62. The van der Waals surface area contributed by atoms with E-state index in [2.05, 4.69) is 89.0 Å². The predicted molar refractivity (Wildman–Crippen MR) is 133 cm³/mol. The Hall–Kier alpha value is -2.09. The van der Waals surface area contributed by atoms with Crippen molar-refractivity contribution >= 4 is 18.4 Å². The van der Waals surface area contributed by atoms with Gasteiger partial charge in [-0.1, -0.05) is 18.2 Å². The summed E-state index contributed by atoms with van der Waals surface area (Å²) in [7, 11) is -0.369. The van der Waals surface area contributed by atoms with E-state index in [4.69, 9.17) is 19.0 Å². The third-order valence-corrected chi connectivity index (χ3v) is 7.30. The van der Waals surface area contributed by atoms with Crippen LogP contribution in [0.5, 0.6) is 5.88 Å². The van der Waals surface area contributed by atoms with E-state index in [1.54, 1.807) is 0 Å². The second-order valence-corrected chi connectivity index (χ2v) is 11.6. The molecule has 0 amide bonds. The van der Waals surface area contributed by atoms with E-state index in [9.17, 15) is 0 Å². The molecule has 4 heterocycles. The van der Waals surface area contributed by atoms with Crippen molar-refractivity contribution in [2.45, 2.75) is 84.3 Å². The molecule has 1 unspecified atom stereocenters. The fourth-order valence-electron chi connectivity index (χ4n) is 4.89. The van der Waals surface area contributed by atoms with Gasteiger partial charge in [-0.2, -0.15) is 4.98 Å². The lowest BCUT2D eigenvalue weighted by molar-refractivity contribution is 0.00578. The second-order valence-electron chi connectivity index (χ2n) is 11.6. The van der Waals surface area contributed by atoms with Crippen LogP contribution in [0.1, 0.15) is 60.5 Å². The van der Waals surface area contributed by atoms with E-state index in [1.807, 2.05) is 0 Å². The van der Waals surface area contributed by atoms with Crippen molar-refractivity contribution in [3.63, 3.8) is 0 Å². The van der Waals surface area contributed by atoms with Crippen LogP contribution in [0.3, 0.4) is 0 Å². The number of fused-ring (bicyclic) bond motifs is 3. The van der Waals surface area contributed by atoms with Gasteiger partial charge in [-0.25, -0.2) is 0 Å². The Labute approximate surface area is 198 Å². The molecule has 1 aromatic carbocycles. The fraction of sp³-hybridized carbons (Fsp3) is 0.577. The van der Waals surface area contributed by atoms with Crippen LogP contribution in [0.25, 0.3) is 11.1 Å². The van der Waals surface area contributed by atoms with Gasteiger partial charge in [0, 0.05) is 30.2 Å². The molecule has 3 aliphatic rings. The van der Waals surface area contributed by atoms with Gasteiger partial charge < -0.3 is 24.3 Å². The topological polar surface area (TPSA) is 55.9 Å². The number of hydrogen-bond donors (Lipinski definition) is 1. The van der Waals surface area contributed by atoms with E-state index in [0.29, 0.717) is 12.6 Å². The summed E-state index contributed by atoms with van der Waals surface area (Å²) < 4.78 is 18.6. The molecule has 2 fully saturated rings. The average molecular weight is 449 g/mol. The maximum absolute atomic E-state index is 6.24. The summed E-state index contributed by atoms with van der Waals surface area (Å²) in [6.45, 7) is 17.4. The predicted octanol–water partition coefficient (Wildman–Crippen LogP) is 3.91. The molecule has 0 spiro atoms. The van der Waals surface area contributed by atoms with Crippen LogP contribution in [0.15, 0.2) is 30.3 Å². The Morgan fingerprint density at radius 2 is 1.73 bits per heavy atom. The van der Waals surface area contributed by atoms with Gasteiger partial charge in [-0.05, 0) is 83.6 Å². The van der Waals surface area contributed by atoms with Crippen molar-refractivity contribution < 1.29 is 14.0 Å². The first-order valence-corrected chi connectivity index (χ1v) is 12.1. The molecule has 1 N–H and O–H groups in total. The molecule has 0 bridgehead atoms. The Balaban J connectivity index is 1.35. The molecule has 0 radical (unpaired) electrons. The number of nitrogens with one attached hydrogen (secondary N) is 1. The molecule has 2 aromatic rings. The van der Waals surface area contributed by atoms with Gasteiger partial charge in [0.1, 0.15) is 12.4 Å². The maximum Gasteiger partial charge on any atom is 0.494 e. The minimum absolute atomic E-state index is 0.121. The Morgan fingerprint density at radius 1 is 1.03 bits per heavy atom. The summed E-state index contributed by atoms with van der Waals surface area (Å²) in [6.07, 6.45) is 1.13. The number of anilines is 1. The second kappa shape index (κ2) is 7.72. The summed E-state index contributed by atoms with van der Waals surface area (Å²) in [6, 6.07) is 11.2. The van der Waals surface area contributed by atoms with E-state index in [0.717, 1.165) is 47.8 Å². The summed E-state index contributed by atoms with van der Waals surface area (Å²) in [5.74, 6) is 1.71. The number of hydrogen-bond acceptors (Lipinski definition) is 6. The van der Waals surface area contributed by atoms with Crippen molar-refractivity contribution in [3.8, 4) is 17.0 Å². The van der Waals surface area contributed by atoms with Crippen LogP contribution in [0.2, 0.25) is 0 Å². The van der Waals surface area contributed by atoms with Gasteiger partial charge >= 0.3 is 7.12 Å². The average Bonchev–Trinajstić information content (AvgIpc) is 3.26. The van der Waals surface area contributed by atoms with Crippen molar-refractivity contribution in [2.24, 2.45) is 0 Å². The van der Waals surface area contributed by atoms with Gasteiger partial charge in [-0.3, -0.25) is 0 Å². The van der Waals surface area contributed by atoms with Gasteiger partial charge in [0.05, 0.1) is 11.2 Å². The normalized spacial score (nSPS) is 23.3. The SMILES string of the molecule is CC(C)(C)NC1CCN(c2ccc3c(n2)OCc2cc(B4OC(C)(C)C(C)(C)O4)ccc2-3)C1. The lowest BCUT2D eigenvalue weighted by Gasteiger charge is -2.32. The monoisotopic (exact) mass is 449 g/mol. The first kappa shape index (κ1) is 22.7. The van der Waals surface area contributed by atoms with E-state index in [-0.39, 0.29) is 23.9 Å². The number of rotatable bonds is 3. The largest absolute Gasteiger partial charge is 0.494 e. The van der Waals surface area contributed by atoms with Gasteiger partial charge in [0.2, 0.25) is 5.88 Å². The fourth-order valence-corrected chi connectivity index (χ4v) is 4.89. The van der Waals surface area contributed by atoms with Crippen LogP contribution < -0.4 is 20.4 Å².